The Balaban J connectivity index is 5.50. The predicted molar refractivity (Wildman–Crippen MR) is 87.6 cm³/mol. The number of hydrogen-bond acceptors (Lipinski definition) is 5. The first-order chi connectivity index (χ1) is 10.3. The summed E-state index contributed by atoms with van der Waals surface area (Å²) < 4.78 is 0. The lowest BCUT2D eigenvalue weighted by atomic mass is 9.69. The van der Waals surface area contributed by atoms with Crippen LogP contribution in [0.4, 0.5) is 0 Å². The van der Waals surface area contributed by atoms with E-state index in [-0.39, 0.29) is 6.42 Å². The maximum Gasteiger partial charge on any atom is 0.122 e. The van der Waals surface area contributed by atoms with Gasteiger partial charge in [0.15, 0.2) is 0 Å². The molecule has 0 heterocycles. The molecule has 0 saturated carbocycles. The van der Waals surface area contributed by atoms with Gasteiger partial charge >= 0.3 is 0 Å². The molecule has 0 unspecified atom stereocenters. The molecule has 22 heavy (non-hydrogen) atoms. The normalized spacial score (nSPS) is 18.0. The quantitative estimate of drug-likeness (QED) is 0.356. The van der Waals surface area contributed by atoms with Crippen molar-refractivity contribution in [3.8, 4) is 0 Å². The highest BCUT2D eigenvalue weighted by atomic mass is 16.4. The third-order valence-electron chi connectivity index (χ3n) is 4.65. The molecule has 0 aromatic rings. The summed E-state index contributed by atoms with van der Waals surface area (Å²) in [6.07, 6.45) is 2.57. The Bertz CT molecular complexity index is 276. The molecule has 0 spiro atoms. The maximum atomic E-state index is 11.1. The molecule has 5 nitrogen and oxygen atoms in total. The summed E-state index contributed by atoms with van der Waals surface area (Å²) in [6.45, 7) is 5.33. The molecule has 5 heteroatoms. The average molecular weight is 320 g/mol. The molecule has 3 atom stereocenters. The van der Waals surface area contributed by atoms with Gasteiger partial charge in [0.2, 0.25) is 0 Å². The van der Waals surface area contributed by atoms with Crippen LogP contribution in [-0.2, 0) is 0 Å². The summed E-state index contributed by atoms with van der Waals surface area (Å²) in [5.41, 5.74) is -3.26. The van der Waals surface area contributed by atoms with Gasteiger partial charge in [-0.2, -0.15) is 0 Å². The fourth-order valence-electron chi connectivity index (χ4n) is 3.02. The van der Waals surface area contributed by atoms with Crippen LogP contribution in [0.5, 0.6) is 0 Å². The molecule has 0 aliphatic heterocycles. The topological polar surface area (TPSA) is 101 Å². The second-order valence-corrected chi connectivity index (χ2v) is 6.46. The monoisotopic (exact) mass is 320 g/mol. The summed E-state index contributed by atoms with van der Waals surface area (Å²) in [5, 5.41) is 51.5. The summed E-state index contributed by atoms with van der Waals surface area (Å²) in [6, 6.07) is 0. The molecular formula is C17H36O5. The highest BCUT2D eigenvalue weighted by molar-refractivity contribution is 5.05. The third kappa shape index (κ3) is 5.46. The van der Waals surface area contributed by atoms with E-state index in [1.165, 1.54) is 0 Å². The molecule has 0 saturated heterocycles. The van der Waals surface area contributed by atoms with Crippen molar-refractivity contribution in [3.63, 3.8) is 0 Å². The SMILES string of the molecule is CCCCC(O)(CCCC)[C@](O)(CCCC)[C@H](O)[C@H](O)CO. The average Bonchev–Trinajstić information content (AvgIpc) is 2.54. The van der Waals surface area contributed by atoms with Gasteiger partial charge in [-0.1, -0.05) is 59.3 Å². The Kier molecular flexibility index (Phi) is 10.5. The molecule has 134 valence electrons. The van der Waals surface area contributed by atoms with Crippen molar-refractivity contribution in [3.05, 3.63) is 0 Å². The molecule has 0 fully saturated rings. The second kappa shape index (κ2) is 10.6. The van der Waals surface area contributed by atoms with E-state index in [0.717, 1.165) is 32.1 Å². The molecular weight excluding hydrogens is 284 g/mol. The van der Waals surface area contributed by atoms with Crippen LogP contribution in [0, 0.1) is 0 Å². The van der Waals surface area contributed by atoms with E-state index in [9.17, 15) is 20.4 Å². The van der Waals surface area contributed by atoms with Crippen molar-refractivity contribution in [1.29, 1.82) is 0 Å². The van der Waals surface area contributed by atoms with Gasteiger partial charge in [-0.05, 0) is 19.3 Å². The van der Waals surface area contributed by atoms with Gasteiger partial charge in [-0.15, -0.1) is 0 Å². The number of hydrogen-bond donors (Lipinski definition) is 5. The summed E-state index contributed by atoms with van der Waals surface area (Å²) in [5.74, 6) is 0. The summed E-state index contributed by atoms with van der Waals surface area (Å²) >= 11 is 0. The Hall–Kier alpha value is -0.200. The lowest BCUT2D eigenvalue weighted by Gasteiger charge is -2.48. The number of aliphatic hydroxyl groups is 5. The third-order valence-corrected chi connectivity index (χ3v) is 4.65. The van der Waals surface area contributed by atoms with Crippen LogP contribution in [0.1, 0.15) is 78.6 Å². The molecule has 0 radical (unpaired) electrons. The van der Waals surface area contributed by atoms with Gasteiger partial charge in [0.05, 0.1) is 12.2 Å². The first-order valence-corrected chi connectivity index (χ1v) is 8.74. The summed E-state index contributed by atoms with van der Waals surface area (Å²) in [7, 11) is 0. The number of aliphatic hydroxyl groups excluding tert-OH is 3. The number of rotatable bonds is 13. The molecule has 0 aromatic carbocycles. The standard InChI is InChI=1S/C17H36O5/c1-4-7-10-16(21,11-8-5-2)17(22,12-9-6-3)15(20)14(19)13-18/h14-15,18-22H,4-13H2,1-3H3/t14-,15-,17+/m1/s1. The van der Waals surface area contributed by atoms with Crippen LogP contribution >= 0.6 is 0 Å². The van der Waals surface area contributed by atoms with Crippen molar-refractivity contribution in [2.45, 2.75) is 102 Å². The zero-order valence-electron chi connectivity index (χ0n) is 14.5. The fraction of sp³-hybridized carbons (Fsp3) is 1.00. The van der Waals surface area contributed by atoms with Crippen LogP contribution in [0.2, 0.25) is 0 Å². The number of unbranched alkanes of at least 4 members (excludes halogenated alkanes) is 3. The lowest BCUT2D eigenvalue weighted by Crippen LogP contribution is -2.64. The van der Waals surface area contributed by atoms with Crippen molar-refractivity contribution < 1.29 is 25.5 Å². The molecule has 0 rings (SSSR count). The van der Waals surface area contributed by atoms with Crippen molar-refractivity contribution >= 4 is 0 Å². The van der Waals surface area contributed by atoms with E-state index in [1.807, 2.05) is 20.8 Å². The summed E-state index contributed by atoms with van der Waals surface area (Å²) in [4.78, 5) is 0. The van der Waals surface area contributed by atoms with E-state index < -0.39 is 30.0 Å². The Labute approximate surface area is 135 Å². The fourth-order valence-corrected chi connectivity index (χ4v) is 3.02. The smallest absolute Gasteiger partial charge is 0.122 e. The Morgan fingerprint density at radius 1 is 0.773 bits per heavy atom. The van der Waals surface area contributed by atoms with E-state index in [1.54, 1.807) is 0 Å². The van der Waals surface area contributed by atoms with Gasteiger partial charge in [-0.3, -0.25) is 0 Å². The van der Waals surface area contributed by atoms with Gasteiger partial charge in [0.25, 0.3) is 0 Å². The van der Waals surface area contributed by atoms with Crippen LogP contribution in [0.25, 0.3) is 0 Å². The minimum atomic E-state index is -1.81. The van der Waals surface area contributed by atoms with Crippen LogP contribution in [0.15, 0.2) is 0 Å². The van der Waals surface area contributed by atoms with Crippen molar-refractivity contribution in [2.75, 3.05) is 6.61 Å². The second-order valence-electron chi connectivity index (χ2n) is 6.46. The van der Waals surface area contributed by atoms with E-state index in [4.69, 9.17) is 5.11 Å². The Morgan fingerprint density at radius 3 is 1.55 bits per heavy atom. The van der Waals surface area contributed by atoms with E-state index in [0.29, 0.717) is 19.3 Å². The highest BCUT2D eigenvalue weighted by Crippen LogP contribution is 2.39. The van der Waals surface area contributed by atoms with Crippen LogP contribution in [-0.4, -0.2) is 55.5 Å². The first-order valence-electron chi connectivity index (χ1n) is 8.74. The van der Waals surface area contributed by atoms with Gasteiger partial charge < -0.3 is 25.5 Å². The molecule has 5 N–H and O–H groups in total. The minimum absolute atomic E-state index is 0.200. The van der Waals surface area contributed by atoms with Crippen LogP contribution in [0.3, 0.4) is 0 Å². The zero-order chi connectivity index (χ0) is 17.2. The molecule has 0 aliphatic rings. The molecule has 0 aromatic heterocycles. The van der Waals surface area contributed by atoms with Gasteiger partial charge in [-0.25, -0.2) is 0 Å². The maximum absolute atomic E-state index is 11.1. The first kappa shape index (κ1) is 21.8. The van der Waals surface area contributed by atoms with Crippen molar-refractivity contribution in [1.82, 2.24) is 0 Å². The van der Waals surface area contributed by atoms with Crippen molar-refractivity contribution in [2.24, 2.45) is 0 Å². The highest BCUT2D eigenvalue weighted by Gasteiger charge is 2.54. The van der Waals surface area contributed by atoms with E-state index in [2.05, 4.69) is 0 Å². The van der Waals surface area contributed by atoms with Crippen LogP contribution < -0.4 is 0 Å². The Morgan fingerprint density at radius 2 is 1.18 bits per heavy atom. The molecule has 0 bridgehead atoms. The molecule has 0 aliphatic carbocycles. The zero-order valence-corrected chi connectivity index (χ0v) is 14.5. The van der Waals surface area contributed by atoms with Gasteiger partial charge in [0.1, 0.15) is 17.8 Å². The predicted octanol–water partition coefficient (Wildman–Crippen LogP) is 1.73. The molecule has 0 amide bonds. The lowest BCUT2D eigenvalue weighted by molar-refractivity contribution is -0.235. The largest absolute Gasteiger partial charge is 0.394 e. The minimum Gasteiger partial charge on any atom is -0.394 e. The van der Waals surface area contributed by atoms with Gasteiger partial charge in [0, 0.05) is 0 Å². The van der Waals surface area contributed by atoms with E-state index >= 15 is 0 Å².